The van der Waals surface area contributed by atoms with Crippen LogP contribution in [0.25, 0.3) is 20.2 Å². The number of thioether (sulfide) groups is 2. The van der Waals surface area contributed by atoms with Crippen LogP contribution in [0.1, 0.15) is 0 Å². The van der Waals surface area contributed by atoms with Gasteiger partial charge in [-0.3, -0.25) is 0 Å². The molecule has 0 unspecified atom stereocenters. The van der Waals surface area contributed by atoms with Crippen molar-refractivity contribution < 1.29 is 0 Å². The molecule has 0 nitrogen and oxygen atoms in total. The summed E-state index contributed by atoms with van der Waals surface area (Å²) in [7, 11) is 0. The Morgan fingerprint density at radius 2 is 1.24 bits per heavy atom. The molecule has 1 heterocycles. The van der Waals surface area contributed by atoms with Crippen molar-refractivity contribution in [2.24, 2.45) is 0 Å². The van der Waals surface area contributed by atoms with Crippen molar-refractivity contribution >= 4 is 55.0 Å². The molecule has 0 saturated heterocycles. The maximum atomic E-state index is 2.31. The molecule has 0 fully saturated rings. The third-order valence-corrected chi connectivity index (χ3v) is 5.49. The Hall–Kier alpha value is -0.640. The zero-order valence-electron chi connectivity index (χ0n) is 9.69. The van der Waals surface area contributed by atoms with Gasteiger partial charge in [0.25, 0.3) is 0 Å². The van der Waals surface area contributed by atoms with E-state index in [1.54, 1.807) is 23.5 Å². The predicted molar refractivity (Wildman–Crippen MR) is 82.9 cm³/mol. The summed E-state index contributed by atoms with van der Waals surface area (Å²) in [6, 6.07) is 13.5. The highest BCUT2D eigenvalue weighted by atomic mass is 32.2. The number of fused-ring (bicyclic) bond motifs is 3. The average Bonchev–Trinajstić information content (AvgIpc) is 2.75. The van der Waals surface area contributed by atoms with Gasteiger partial charge in [-0.05, 0) is 48.9 Å². The SMILES string of the molecule is CSc1ccc2sc3ccc(SC)cc3c2c1. The van der Waals surface area contributed by atoms with Crippen molar-refractivity contribution in [1.82, 2.24) is 0 Å². The number of benzene rings is 2. The van der Waals surface area contributed by atoms with Gasteiger partial charge in [-0.25, -0.2) is 0 Å². The highest BCUT2D eigenvalue weighted by Gasteiger charge is 2.06. The van der Waals surface area contributed by atoms with Crippen LogP contribution < -0.4 is 0 Å². The van der Waals surface area contributed by atoms with E-state index in [0.717, 1.165) is 0 Å². The van der Waals surface area contributed by atoms with Crippen LogP contribution in [0.3, 0.4) is 0 Å². The number of thiophene rings is 1. The van der Waals surface area contributed by atoms with Gasteiger partial charge in [-0.15, -0.1) is 34.9 Å². The van der Waals surface area contributed by atoms with E-state index in [1.165, 1.54) is 30.0 Å². The molecule has 3 rings (SSSR count). The average molecular weight is 276 g/mol. The van der Waals surface area contributed by atoms with E-state index >= 15 is 0 Å². The lowest BCUT2D eigenvalue weighted by Gasteiger charge is -1.98. The van der Waals surface area contributed by atoms with E-state index in [4.69, 9.17) is 0 Å². The van der Waals surface area contributed by atoms with E-state index in [2.05, 4.69) is 48.9 Å². The van der Waals surface area contributed by atoms with Crippen LogP contribution in [0.15, 0.2) is 46.2 Å². The van der Waals surface area contributed by atoms with E-state index in [1.807, 2.05) is 11.3 Å². The highest BCUT2D eigenvalue weighted by Crippen LogP contribution is 2.37. The Kier molecular flexibility index (Phi) is 3.07. The number of hydrogen-bond donors (Lipinski definition) is 0. The van der Waals surface area contributed by atoms with Crippen LogP contribution in [0.4, 0.5) is 0 Å². The van der Waals surface area contributed by atoms with E-state index in [0.29, 0.717) is 0 Å². The Morgan fingerprint density at radius 3 is 1.65 bits per heavy atom. The monoisotopic (exact) mass is 276 g/mol. The van der Waals surface area contributed by atoms with Crippen molar-refractivity contribution in [3.63, 3.8) is 0 Å². The number of rotatable bonds is 2. The molecule has 1 aromatic heterocycles. The van der Waals surface area contributed by atoms with Crippen LogP contribution in [0.5, 0.6) is 0 Å². The minimum Gasteiger partial charge on any atom is -0.135 e. The molecule has 0 amide bonds. The van der Waals surface area contributed by atoms with Gasteiger partial charge in [0.2, 0.25) is 0 Å². The van der Waals surface area contributed by atoms with Crippen LogP contribution in [0, 0.1) is 0 Å². The summed E-state index contributed by atoms with van der Waals surface area (Å²) in [6.45, 7) is 0. The summed E-state index contributed by atoms with van der Waals surface area (Å²) in [5.41, 5.74) is 0. The first kappa shape index (κ1) is 11.5. The van der Waals surface area contributed by atoms with Crippen LogP contribution in [0.2, 0.25) is 0 Å². The fraction of sp³-hybridized carbons (Fsp3) is 0.143. The number of hydrogen-bond acceptors (Lipinski definition) is 3. The molecule has 0 radical (unpaired) electrons. The lowest BCUT2D eigenvalue weighted by atomic mass is 10.1. The van der Waals surface area contributed by atoms with E-state index in [9.17, 15) is 0 Å². The molecule has 2 aromatic carbocycles. The summed E-state index contributed by atoms with van der Waals surface area (Å²) >= 11 is 5.49. The quantitative estimate of drug-likeness (QED) is 0.567. The Bertz CT molecular complexity index is 624. The standard InChI is InChI=1S/C14H12S3/c1-15-9-3-5-13-11(7-9)12-8-10(16-2)4-6-14(12)17-13/h3-8H,1-2H3. The normalized spacial score (nSPS) is 11.4. The second-order valence-electron chi connectivity index (χ2n) is 3.83. The van der Waals surface area contributed by atoms with Gasteiger partial charge in [0.15, 0.2) is 0 Å². The molecular formula is C14H12S3. The fourth-order valence-corrected chi connectivity index (χ4v) is 3.94. The molecule has 0 aliphatic carbocycles. The highest BCUT2D eigenvalue weighted by molar-refractivity contribution is 7.98. The van der Waals surface area contributed by atoms with Crippen molar-refractivity contribution in [2.75, 3.05) is 12.5 Å². The first-order valence-electron chi connectivity index (χ1n) is 5.36. The Balaban J connectivity index is 2.37. The van der Waals surface area contributed by atoms with Gasteiger partial charge in [-0.2, -0.15) is 0 Å². The third kappa shape index (κ3) is 1.96. The van der Waals surface area contributed by atoms with Crippen LogP contribution in [-0.4, -0.2) is 12.5 Å². The zero-order valence-corrected chi connectivity index (χ0v) is 12.1. The van der Waals surface area contributed by atoms with Crippen molar-refractivity contribution in [3.8, 4) is 0 Å². The summed E-state index contributed by atoms with van der Waals surface area (Å²) in [6.07, 6.45) is 4.26. The molecule has 0 spiro atoms. The minimum absolute atomic E-state index is 1.34. The van der Waals surface area contributed by atoms with Gasteiger partial charge >= 0.3 is 0 Å². The second-order valence-corrected chi connectivity index (χ2v) is 6.67. The molecule has 86 valence electrons. The van der Waals surface area contributed by atoms with Gasteiger partial charge in [0.05, 0.1) is 0 Å². The summed E-state index contributed by atoms with van der Waals surface area (Å²) in [5, 5.41) is 2.79. The molecule has 0 bridgehead atoms. The maximum Gasteiger partial charge on any atom is 0.0356 e. The molecule has 0 aliphatic heterocycles. The lowest BCUT2D eigenvalue weighted by molar-refractivity contribution is 1.52. The molecular weight excluding hydrogens is 264 g/mol. The third-order valence-electron chi connectivity index (χ3n) is 2.88. The second kappa shape index (κ2) is 4.56. The molecule has 17 heavy (non-hydrogen) atoms. The van der Waals surface area contributed by atoms with Crippen LogP contribution in [-0.2, 0) is 0 Å². The fourth-order valence-electron chi connectivity index (χ4n) is 1.99. The van der Waals surface area contributed by atoms with E-state index < -0.39 is 0 Å². The van der Waals surface area contributed by atoms with Gasteiger partial charge in [0.1, 0.15) is 0 Å². The van der Waals surface area contributed by atoms with Crippen LogP contribution >= 0.6 is 34.9 Å². The minimum atomic E-state index is 1.34. The zero-order chi connectivity index (χ0) is 11.8. The Morgan fingerprint density at radius 1 is 0.765 bits per heavy atom. The smallest absolute Gasteiger partial charge is 0.0356 e. The Labute approximate surface area is 113 Å². The predicted octanol–water partition coefficient (Wildman–Crippen LogP) is 5.50. The van der Waals surface area contributed by atoms with Crippen molar-refractivity contribution in [3.05, 3.63) is 36.4 Å². The van der Waals surface area contributed by atoms with Crippen molar-refractivity contribution in [2.45, 2.75) is 9.79 Å². The van der Waals surface area contributed by atoms with Gasteiger partial charge in [-0.1, -0.05) is 0 Å². The molecule has 0 atom stereocenters. The van der Waals surface area contributed by atoms with E-state index in [-0.39, 0.29) is 0 Å². The largest absolute Gasteiger partial charge is 0.135 e. The first-order valence-corrected chi connectivity index (χ1v) is 8.63. The van der Waals surface area contributed by atoms with Gasteiger partial charge < -0.3 is 0 Å². The summed E-state index contributed by atoms with van der Waals surface area (Å²) in [5.74, 6) is 0. The van der Waals surface area contributed by atoms with Gasteiger partial charge in [0, 0.05) is 30.0 Å². The summed E-state index contributed by atoms with van der Waals surface area (Å²) in [4.78, 5) is 2.68. The molecule has 3 heteroatoms. The summed E-state index contributed by atoms with van der Waals surface area (Å²) < 4.78 is 2.77. The topological polar surface area (TPSA) is 0 Å². The maximum absolute atomic E-state index is 2.31. The van der Waals surface area contributed by atoms with Crippen molar-refractivity contribution in [1.29, 1.82) is 0 Å². The molecule has 0 saturated carbocycles. The molecule has 0 aliphatic rings. The first-order chi connectivity index (χ1) is 8.31. The molecule has 3 aromatic rings. The molecule has 0 N–H and O–H groups in total. The lowest BCUT2D eigenvalue weighted by Crippen LogP contribution is -1.71.